The Kier molecular flexibility index (Phi) is 5.95. The van der Waals surface area contributed by atoms with E-state index >= 15 is 0 Å². The van der Waals surface area contributed by atoms with Crippen LogP contribution in [0.2, 0.25) is 0 Å². The summed E-state index contributed by atoms with van der Waals surface area (Å²) < 4.78 is 0. The molecule has 9 heteroatoms. The third-order valence-corrected chi connectivity index (χ3v) is 7.06. The quantitative estimate of drug-likeness (QED) is 0.616. The first-order valence-corrected chi connectivity index (χ1v) is 12.4. The van der Waals surface area contributed by atoms with Crippen LogP contribution >= 0.6 is 22.7 Å². The highest BCUT2D eigenvalue weighted by atomic mass is 32.1. The number of carbonyl (C=O) groups excluding carboxylic acids is 1. The van der Waals surface area contributed by atoms with Gasteiger partial charge in [-0.2, -0.15) is 0 Å². The molecule has 0 spiro atoms. The molecule has 1 saturated heterocycles. The van der Waals surface area contributed by atoms with Gasteiger partial charge in [-0.3, -0.25) is 9.79 Å². The molecule has 0 unspecified atom stereocenters. The second-order valence-electron chi connectivity index (χ2n) is 7.64. The highest BCUT2D eigenvalue weighted by Crippen LogP contribution is 2.31. The van der Waals surface area contributed by atoms with Crippen LogP contribution in [0.4, 0.5) is 5.13 Å². The standard InChI is InChI=1S/C22H24N6OS2/c29-20(28-11-2-1-3-12-28)16-7-5-15(6-8-16)19-25-17(13-30-19)18-14-31-22(26-18)27-21-23-9-4-10-24-21/h5-8,13-14H,1-4,9-12H2,(H2,23,24,26,27). The fourth-order valence-corrected chi connectivity index (χ4v) is 5.25. The van der Waals surface area contributed by atoms with E-state index in [2.05, 4.69) is 20.6 Å². The number of nitrogens with one attached hydrogen (secondary N) is 2. The number of aliphatic imine (C=N–C) groups is 1. The monoisotopic (exact) mass is 452 g/mol. The zero-order valence-corrected chi connectivity index (χ0v) is 18.8. The normalized spacial score (nSPS) is 16.5. The minimum absolute atomic E-state index is 0.130. The van der Waals surface area contributed by atoms with Crippen LogP contribution in [0, 0.1) is 0 Å². The predicted octanol–water partition coefficient (Wildman–Crippen LogP) is 4.32. The summed E-state index contributed by atoms with van der Waals surface area (Å²) >= 11 is 3.13. The summed E-state index contributed by atoms with van der Waals surface area (Å²) in [6.45, 7) is 3.50. The van der Waals surface area contributed by atoms with E-state index in [1.165, 1.54) is 6.42 Å². The van der Waals surface area contributed by atoms with Crippen molar-refractivity contribution in [2.45, 2.75) is 25.7 Å². The Hall–Kier alpha value is -2.78. The molecule has 0 atom stereocenters. The van der Waals surface area contributed by atoms with Gasteiger partial charge < -0.3 is 15.5 Å². The molecule has 7 nitrogen and oxygen atoms in total. The number of rotatable bonds is 4. The maximum atomic E-state index is 12.7. The van der Waals surface area contributed by atoms with Crippen LogP contribution in [0.25, 0.3) is 22.0 Å². The van der Waals surface area contributed by atoms with Gasteiger partial charge in [0.15, 0.2) is 11.1 Å². The van der Waals surface area contributed by atoms with Crippen LogP contribution in [-0.4, -0.2) is 52.9 Å². The maximum Gasteiger partial charge on any atom is 0.253 e. The Balaban J connectivity index is 1.27. The van der Waals surface area contributed by atoms with Crippen LogP contribution in [0.3, 0.4) is 0 Å². The molecule has 2 N–H and O–H groups in total. The van der Waals surface area contributed by atoms with E-state index in [1.54, 1.807) is 22.7 Å². The molecular formula is C22H24N6OS2. The Morgan fingerprint density at radius 1 is 0.968 bits per heavy atom. The zero-order chi connectivity index (χ0) is 21.0. The lowest BCUT2D eigenvalue weighted by molar-refractivity contribution is 0.0724. The van der Waals surface area contributed by atoms with E-state index in [-0.39, 0.29) is 5.91 Å². The van der Waals surface area contributed by atoms with E-state index < -0.39 is 0 Å². The first kappa shape index (κ1) is 20.1. The van der Waals surface area contributed by atoms with Crippen molar-refractivity contribution in [1.29, 1.82) is 0 Å². The minimum Gasteiger partial charge on any atom is -0.356 e. The first-order valence-electron chi connectivity index (χ1n) is 10.6. The van der Waals surface area contributed by atoms with E-state index in [9.17, 15) is 4.79 Å². The largest absolute Gasteiger partial charge is 0.356 e. The number of amides is 1. The molecule has 2 aromatic heterocycles. The van der Waals surface area contributed by atoms with Crippen molar-refractivity contribution in [3.63, 3.8) is 0 Å². The third kappa shape index (κ3) is 4.62. The molecule has 0 radical (unpaired) electrons. The van der Waals surface area contributed by atoms with Crippen molar-refractivity contribution in [2.24, 2.45) is 4.99 Å². The van der Waals surface area contributed by atoms with Crippen molar-refractivity contribution in [3.8, 4) is 22.0 Å². The molecule has 2 aliphatic rings. The number of piperidine rings is 1. The summed E-state index contributed by atoms with van der Waals surface area (Å²) in [4.78, 5) is 28.5. The molecule has 2 aliphatic heterocycles. The summed E-state index contributed by atoms with van der Waals surface area (Å²) in [5, 5.41) is 12.2. The summed E-state index contributed by atoms with van der Waals surface area (Å²) in [6.07, 6.45) is 4.48. The van der Waals surface area contributed by atoms with Crippen molar-refractivity contribution in [2.75, 3.05) is 31.5 Å². The highest BCUT2D eigenvalue weighted by molar-refractivity contribution is 7.14. The number of anilines is 1. The molecule has 0 aliphatic carbocycles. The van der Waals surface area contributed by atoms with E-state index in [0.29, 0.717) is 0 Å². The van der Waals surface area contributed by atoms with Gasteiger partial charge in [-0.15, -0.1) is 22.7 Å². The van der Waals surface area contributed by atoms with Crippen molar-refractivity contribution < 1.29 is 4.79 Å². The SMILES string of the molecule is O=C(c1ccc(-c2nc(-c3csc(NC4=NCCCN4)n3)cs2)cc1)N1CCCCC1. The van der Waals surface area contributed by atoms with Gasteiger partial charge in [-0.1, -0.05) is 12.1 Å². The number of thiazole rings is 2. The lowest BCUT2D eigenvalue weighted by atomic mass is 10.1. The number of guanidine groups is 1. The molecule has 1 fully saturated rings. The fraction of sp³-hybridized carbons (Fsp3) is 0.364. The number of aromatic nitrogens is 2. The molecule has 5 rings (SSSR count). The Morgan fingerprint density at radius 2 is 1.74 bits per heavy atom. The number of benzene rings is 1. The summed E-state index contributed by atoms with van der Waals surface area (Å²) in [7, 11) is 0. The van der Waals surface area contributed by atoms with E-state index in [1.807, 2.05) is 39.9 Å². The molecule has 4 heterocycles. The van der Waals surface area contributed by atoms with E-state index in [0.717, 1.165) is 84.1 Å². The Bertz CT molecular complexity index is 1080. The van der Waals surface area contributed by atoms with Gasteiger partial charge >= 0.3 is 0 Å². The van der Waals surface area contributed by atoms with Crippen LogP contribution in [0.1, 0.15) is 36.0 Å². The van der Waals surface area contributed by atoms with Gasteiger partial charge in [0, 0.05) is 48.1 Å². The molecule has 160 valence electrons. The predicted molar refractivity (Wildman–Crippen MR) is 127 cm³/mol. The van der Waals surface area contributed by atoms with Crippen molar-refractivity contribution >= 4 is 39.7 Å². The van der Waals surface area contributed by atoms with Crippen LogP contribution in [0.15, 0.2) is 40.0 Å². The topological polar surface area (TPSA) is 82.5 Å². The summed E-state index contributed by atoms with van der Waals surface area (Å²) in [5.41, 5.74) is 3.47. The average Bonchev–Trinajstić information content (AvgIpc) is 3.50. The number of carbonyl (C=O) groups is 1. The lowest BCUT2D eigenvalue weighted by Crippen LogP contribution is -2.35. The second kappa shape index (κ2) is 9.15. The third-order valence-electron chi connectivity index (χ3n) is 5.42. The number of likely N-dealkylation sites (tertiary alicyclic amines) is 1. The van der Waals surface area contributed by atoms with Crippen molar-refractivity contribution in [3.05, 3.63) is 40.6 Å². The molecule has 31 heavy (non-hydrogen) atoms. The number of nitrogens with zero attached hydrogens (tertiary/aromatic N) is 4. The smallest absolute Gasteiger partial charge is 0.253 e. The van der Waals surface area contributed by atoms with Crippen molar-refractivity contribution in [1.82, 2.24) is 20.2 Å². The van der Waals surface area contributed by atoms with Crippen LogP contribution < -0.4 is 10.6 Å². The van der Waals surface area contributed by atoms with Gasteiger partial charge in [0.1, 0.15) is 16.4 Å². The van der Waals surface area contributed by atoms with E-state index in [4.69, 9.17) is 4.98 Å². The van der Waals surface area contributed by atoms with Gasteiger partial charge in [0.25, 0.3) is 5.91 Å². The molecule has 1 aromatic carbocycles. The van der Waals surface area contributed by atoms with Gasteiger partial charge in [0.05, 0.1) is 0 Å². The molecular weight excluding hydrogens is 428 g/mol. The van der Waals surface area contributed by atoms with Gasteiger partial charge in [0.2, 0.25) is 0 Å². The highest BCUT2D eigenvalue weighted by Gasteiger charge is 2.18. The van der Waals surface area contributed by atoms with Crippen LogP contribution in [0.5, 0.6) is 0 Å². The second-order valence-corrected chi connectivity index (χ2v) is 9.36. The maximum absolute atomic E-state index is 12.7. The molecule has 0 bridgehead atoms. The first-order chi connectivity index (χ1) is 15.3. The fourth-order valence-electron chi connectivity index (χ4n) is 3.73. The summed E-state index contributed by atoms with van der Waals surface area (Å²) in [5.74, 6) is 0.913. The Morgan fingerprint density at radius 3 is 2.52 bits per heavy atom. The minimum atomic E-state index is 0.130. The number of hydrogen-bond acceptors (Lipinski definition) is 8. The van der Waals surface area contributed by atoms with Crippen LogP contribution in [-0.2, 0) is 0 Å². The number of hydrogen-bond donors (Lipinski definition) is 2. The Labute approximate surface area is 189 Å². The zero-order valence-electron chi connectivity index (χ0n) is 17.1. The van der Waals surface area contributed by atoms with Gasteiger partial charge in [-0.05, 0) is 37.8 Å². The van der Waals surface area contributed by atoms with Gasteiger partial charge in [-0.25, -0.2) is 9.97 Å². The summed E-state index contributed by atoms with van der Waals surface area (Å²) in [6, 6.07) is 7.80. The molecule has 3 aromatic rings. The lowest BCUT2D eigenvalue weighted by Gasteiger charge is -2.26. The molecule has 0 saturated carbocycles. The molecule has 1 amide bonds. The average molecular weight is 453 g/mol.